The summed E-state index contributed by atoms with van der Waals surface area (Å²) in [7, 11) is -43.5. The van der Waals surface area contributed by atoms with E-state index in [0.717, 1.165) is 0 Å². The first-order valence-corrected chi connectivity index (χ1v) is 139. The summed E-state index contributed by atoms with van der Waals surface area (Å²) in [4.78, 5) is 0. The fourth-order valence-electron chi connectivity index (χ4n) is 48.6. The normalized spacial score (nSPS) is 14.3. The molecule has 0 heterocycles. The molecule has 0 aliphatic carbocycles. The Kier molecular flexibility index (Phi) is 80.4. The van der Waals surface area contributed by atoms with Gasteiger partial charge < -0.3 is 0 Å². The fourth-order valence-corrected chi connectivity index (χ4v) is 795. The molecular weight excluding hydrogens is 2110 g/mol. The molecule has 0 radical (unpaired) electrons. The predicted octanol–water partition coefficient (Wildman–Crippen LogP) is 51.0. The van der Waals surface area contributed by atoms with Gasteiger partial charge >= 0.3 is 0 Å². The number of hydrogen-bond donors (Lipinski definition) is 0. The van der Waals surface area contributed by atoms with E-state index in [-0.39, 0.29) is 0 Å². The molecule has 0 aromatic rings. The predicted molar refractivity (Wildman–Crippen MR) is 763 cm³/mol. The molecular formula is C129H300Si20. The fraction of sp³-hybridized carbons (Fsp3) is 1.00. The van der Waals surface area contributed by atoms with Crippen LogP contribution < -0.4 is 0 Å². The van der Waals surface area contributed by atoms with Crippen LogP contribution in [0.5, 0.6) is 0 Å². The van der Waals surface area contributed by atoms with E-state index in [9.17, 15) is 0 Å². The molecule has 0 aromatic carbocycles. The second kappa shape index (κ2) is 78.1. The Bertz CT molecular complexity index is 2880. The quantitative estimate of drug-likeness (QED) is 0.0533. The van der Waals surface area contributed by atoms with E-state index >= 15 is 0 Å². The topological polar surface area (TPSA) is 0 Å². The molecule has 20 heteroatoms. The van der Waals surface area contributed by atoms with Gasteiger partial charge in [0.1, 0.15) is 0 Å². The first kappa shape index (κ1) is 153. The van der Waals surface area contributed by atoms with Crippen molar-refractivity contribution in [3.05, 3.63) is 0 Å². The molecule has 149 heavy (non-hydrogen) atoms. The molecule has 0 rings (SSSR count). The van der Waals surface area contributed by atoms with Crippen molar-refractivity contribution in [3.63, 3.8) is 0 Å². The largest absolute Gasteiger partial charge is 0.0657 e. The van der Waals surface area contributed by atoms with Crippen LogP contribution in [0.25, 0.3) is 0 Å². The zero-order valence-corrected chi connectivity index (χ0v) is 134. The zero-order valence-electron chi connectivity index (χ0n) is 114. The molecule has 0 unspecified atom stereocenters. The average Bonchev–Trinajstić information content (AvgIpc) is 0.650. The Morgan fingerprint density at radius 3 is 0.181 bits per heavy atom. The van der Waals surface area contributed by atoms with Crippen LogP contribution in [0.15, 0.2) is 0 Å². The highest BCUT2D eigenvalue weighted by Crippen LogP contribution is 2.70. The Labute approximate surface area is 967 Å². The first-order chi connectivity index (χ1) is 71.8. The lowest BCUT2D eigenvalue weighted by Gasteiger charge is -2.77. The molecule has 0 aliphatic rings. The third-order valence-corrected chi connectivity index (χ3v) is 471. The van der Waals surface area contributed by atoms with Gasteiger partial charge in [-0.2, -0.15) is 0 Å². The van der Waals surface area contributed by atoms with Gasteiger partial charge in [-0.05, 0) is 0 Å². The molecule has 0 fully saturated rings. The van der Waals surface area contributed by atoms with Crippen molar-refractivity contribution in [1.82, 2.24) is 0 Å². The van der Waals surface area contributed by atoms with Crippen molar-refractivity contribution in [3.8, 4) is 0 Å². The molecule has 0 nitrogen and oxygen atoms in total. The van der Waals surface area contributed by atoms with Crippen molar-refractivity contribution in [1.29, 1.82) is 0 Å². The summed E-state index contributed by atoms with van der Waals surface area (Å²) in [5.41, 5.74) is 0. The molecule has 0 spiro atoms. The lowest BCUT2D eigenvalue weighted by Crippen LogP contribution is -3.01. The van der Waals surface area contributed by atoms with Gasteiger partial charge in [-0.1, -0.05) is 833 Å². The highest BCUT2D eigenvalue weighted by Gasteiger charge is 2.86. The highest BCUT2D eigenvalue weighted by atomic mass is 30.1. The smallest absolute Gasteiger partial charge is 0.0450 e. The van der Waals surface area contributed by atoms with E-state index in [1.807, 2.05) is 205 Å². The second-order valence-corrected chi connectivity index (χ2v) is 250. The summed E-state index contributed by atoms with van der Waals surface area (Å²) in [5, 5.41) is 0. The SMILES string of the molecule is CCC[Si](CCC)(CCC)[Si](CCC)(CCC)[Si](CCC)(CCC)[Si](CCC)(CCC)[Si](CCC)(CCC)[Si](CCC)(CCC)[Si](CCC)(CCC)[Si](CCC)(CCC)[Si](CCC)(CCC)[Si](CCC)(CCC)CCC[Si](CCC)(CCC)[Si](CCC)(CCC)[Si](CCC)(CCC)[Si](CCC)(CCC)[Si](CCC)(CCC)[Si](CCC)(CCC)[Si](CCC)(CCC)[Si](CCC)(CCC)[Si](CCC)(CCC)[Si](CCC)(CCC)CCC. The van der Waals surface area contributed by atoms with E-state index in [0.29, 0.717) is 0 Å². The van der Waals surface area contributed by atoms with E-state index in [2.05, 4.69) is 291 Å². The number of hydrogen-bond acceptors (Lipinski definition) is 0. The lowest BCUT2D eigenvalue weighted by molar-refractivity contribution is 0.892. The molecule has 0 atom stereocenters. The molecule has 896 valence electrons. The minimum atomic E-state index is -2.32. The van der Waals surface area contributed by atoms with Gasteiger partial charge in [-0.3, -0.25) is 0 Å². The second-order valence-electron chi connectivity index (χ2n) is 54.8. The van der Waals surface area contributed by atoms with Crippen molar-refractivity contribution >= 4 is 144 Å². The van der Waals surface area contributed by atoms with E-state index < -0.39 is 144 Å². The Balaban J connectivity index is 13.5. The molecule has 0 saturated heterocycles. The molecule has 0 bridgehead atoms. The summed E-state index contributed by atoms with van der Waals surface area (Å²) >= 11 is 0. The third kappa shape index (κ3) is 29.4. The maximum absolute atomic E-state index is 3.02. The molecule has 0 saturated carbocycles. The highest BCUT2D eigenvalue weighted by molar-refractivity contribution is 8.10. The van der Waals surface area contributed by atoms with Crippen LogP contribution >= 0.6 is 0 Å². The average molecular weight is 2410 g/mol. The van der Waals surface area contributed by atoms with Gasteiger partial charge in [0.25, 0.3) is 0 Å². The molecule has 0 N–H and O–H groups in total. The minimum absolute atomic E-state index is 1.51. The van der Waals surface area contributed by atoms with Gasteiger partial charge in [-0.25, -0.2) is 0 Å². The van der Waals surface area contributed by atoms with E-state index in [1.54, 1.807) is 298 Å². The van der Waals surface area contributed by atoms with Crippen molar-refractivity contribution < 1.29 is 0 Å². The van der Waals surface area contributed by atoms with Crippen LogP contribution in [-0.2, 0) is 0 Å². The van der Waals surface area contributed by atoms with Crippen LogP contribution in [0.2, 0.25) is 266 Å². The van der Waals surface area contributed by atoms with Crippen LogP contribution in [0, 0.1) is 0 Å². The summed E-state index contributed by atoms with van der Waals surface area (Å²) < 4.78 is 0. The van der Waals surface area contributed by atoms with Gasteiger partial charge in [0.05, 0.1) is 0 Å². The summed E-state index contributed by atoms with van der Waals surface area (Å²) in [6.07, 6.45) is 67.3. The van der Waals surface area contributed by atoms with Gasteiger partial charge in [0, 0.05) is 144 Å². The first-order valence-electron chi connectivity index (χ1n) is 71.8. The molecule has 0 aliphatic heterocycles. The summed E-state index contributed by atoms with van der Waals surface area (Å²) in [6, 6.07) is 80.6. The Morgan fingerprint density at radius 2 is 0.114 bits per heavy atom. The van der Waals surface area contributed by atoms with Crippen LogP contribution in [-0.4, -0.2) is 144 Å². The maximum Gasteiger partial charge on any atom is 0.0450 e. The van der Waals surface area contributed by atoms with Gasteiger partial charge in [-0.15, -0.1) is 0 Å². The Morgan fingerprint density at radius 1 is 0.0604 bits per heavy atom. The van der Waals surface area contributed by atoms with Crippen molar-refractivity contribution in [2.45, 2.75) is 833 Å². The van der Waals surface area contributed by atoms with Crippen LogP contribution in [0.4, 0.5) is 0 Å². The molecule has 0 aromatic heterocycles. The van der Waals surface area contributed by atoms with Crippen molar-refractivity contribution in [2.24, 2.45) is 0 Å². The van der Waals surface area contributed by atoms with E-state index in [4.69, 9.17) is 0 Å². The minimum Gasteiger partial charge on any atom is -0.0657 e. The standard InChI is InChI=1S/C129H300Si20/c1-43-86-130(87-44-2,88-45-3)134(96-53-11,97-54-12)138(104-61-19,105-62-20)142(112-69-27,113-70-28)146(120-77-35,121-78-36)148(124-81-39,125-82-40)144(116-73-31,117-74-32)140(108-65-23,109-66-24)136(100-57-15,101-58-16)132(92-49-7,93-50-8)128-85-129-133(94-51-9,95-52-10)137(102-59-17,103-60-18)141(110-67-25,111-68-26)145(118-75-33,119-76-34)149(126-83-41,127-84-42)147(122-79-37,123-80-38)143(114-71-29,115-72-30)139(106-63-21,107-64-22)135(98-55-13,99-56-14)131(89-46-4,90-47-5)91-48-6/h43-129H2,1-42H3. The lowest BCUT2D eigenvalue weighted by atomic mass is 10.5. The van der Waals surface area contributed by atoms with Crippen LogP contribution in [0.1, 0.15) is 567 Å². The summed E-state index contributed by atoms with van der Waals surface area (Å²) in [5.74, 6) is 0. The monoisotopic (exact) mass is 2410 g/mol. The van der Waals surface area contributed by atoms with Gasteiger partial charge in [0.15, 0.2) is 0 Å². The number of rotatable bonds is 106. The zero-order chi connectivity index (χ0) is 114. The van der Waals surface area contributed by atoms with Gasteiger partial charge in [0.2, 0.25) is 0 Å². The molecule has 0 amide bonds. The van der Waals surface area contributed by atoms with Crippen LogP contribution in [0.3, 0.4) is 0 Å². The summed E-state index contributed by atoms with van der Waals surface area (Å²) in [6.45, 7) is 124. The van der Waals surface area contributed by atoms with E-state index in [1.165, 1.54) is 38.5 Å². The Hall–Kier alpha value is 4.34. The maximum atomic E-state index is 3.02. The van der Waals surface area contributed by atoms with Crippen molar-refractivity contribution in [2.75, 3.05) is 0 Å². The third-order valence-electron chi connectivity index (χ3n) is 47.1.